The van der Waals surface area contributed by atoms with Gasteiger partial charge in [-0.1, -0.05) is 0 Å². The third kappa shape index (κ3) is 3.56. The zero-order chi connectivity index (χ0) is 11.1. The summed E-state index contributed by atoms with van der Waals surface area (Å²) in [5, 5.41) is 9.33. The van der Waals surface area contributed by atoms with Gasteiger partial charge in [0.15, 0.2) is 0 Å². The van der Waals surface area contributed by atoms with Gasteiger partial charge in [-0.15, -0.1) is 0 Å². The molecule has 80 valence electrons. The first kappa shape index (κ1) is 12.1. The van der Waals surface area contributed by atoms with Crippen molar-refractivity contribution in [3.8, 4) is 10.7 Å². The molecule has 0 saturated carbocycles. The molecular formula is C11H13NO2Se. The van der Waals surface area contributed by atoms with E-state index in [0.717, 1.165) is 16.6 Å². The predicted octanol–water partition coefficient (Wildman–Crippen LogP) is 1.99. The van der Waals surface area contributed by atoms with E-state index in [4.69, 9.17) is 14.7 Å². The van der Waals surface area contributed by atoms with Crippen LogP contribution in [0.15, 0.2) is 24.3 Å². The van der Waals surface area contributed by atoms with Crippen LogP contribution in [0, 0.1) is 10.2 Å². The van der Waals surface area contributed by atoms with Gasteiger partial charge in [0.2, 0.25) is 0 Å². The van der Waals surface area contributed by atoms with Crippen LogP contribution in [-0.2, 0) is 4.74 Å². The Morgan fingerprint density at radius 3 is 2.47 bits per heavy atom. The number of hydrogen-bond donors (Lipinski definition) is 0. The molecule has 1 aromatic carbocycles. The molecule has 0 heterocycles. The summed E-state index contributed by atoms with van der Waals surface area (Å²) in [6, 6.07) is 7.75. The number of nitrogens with zero attached hydrogens (tertiary/aromatic N) is 1. The van der Waals surface area contributed by atoms with Crippen LogP contribution < -0.4 is 4.74 Å². The van der Waals surface area contributed by atoms with Crippen LogP contribution in [0.2, 0.25) is 5.32 Å². The van der Waals surface area contributed by atoms with Crippen molar-refractivity contribution in [3.05, 3.63) is 29.8 Å². The number of ether oxygens (including phenoxy) is 2. The molecule has 0 spiro atoms. The second-order valence-corrected chi connectivity index (χ2v) is 4.59. The summed E-state index contributed by atoms with van der Waals surface area (Å²) < 4.78 is 10.4. The van der Waals surface area contributed by atoms with Gasteiger partial charge in [0.1, 0.15) is 0 Å². The summed E-state index contributed by atoms with van der Waals surface area (Å²) in [6.07, 6.45) is 0.0237. The first-order valence-corrected chi connectivity index (χ1v) is 6.56. The van der Waals surface area contributed by atoms with Crippen molar-refractivity contribution in [3.63, 3.8) is 0 Å². The van der Waals surface area contributed by atoms with E-state index in [0.29, 0.717) is 0 Å². The van der Waals surface area contributed by atoms with Crippen molar-refractivity contribution >= 4 is 15.0 Å². The number of nitriles is 1. The van der Waals surface area contributed by atoms with E-state index in [1.807, 2.05) is 24.3 Å². The van der Waals surface area contributed by atoms with Gasteiger partial charge in [-0.3, -0.25) is 0 Å². The Kier molecular flexibility index (Phi) is 5.20. The van der Waals surface area contributed by atoms with Crippen molar-refractivity contribution in [2.75, 3.05) is 14.2 Å². The van der Waals surface area contributed by atoms with Gasteiger partial charge in [0, 0.05) is 0 Å². The van der Waals surface area contributed by atoms with E-state index in [2.05, 4.69) is 4.97 Å². The summed E-state index contributed by atoms with van der Waals surface area (Å²) in [6.45, 7) is 0. The van der Waals surface area contributed by atoms with Gasteiger partial charge in [0.05, 0.1) is 0 Å². The molecule has 0 N–H and O–H groups in total. The Balaban J connectivity index is 2.70. The quantitative estimate of drug-likeness (QED) is 0.768. The van der Waals surface area contributed by atoms with Crippen LogP contribution in [0.5, 0.6) is 5.75 Å². The Labute approximate surface area is 96.2 Å². The number of rotatable bonds is 5. The Morgan fingerprint density at radius 1 is 1.33 bits per heavy atom. The van der Waals surface area contributed by atoms with Crippen LogP contribution in [0.1, 0.15) is 11.7 Å². The van der Waals surface area contributed by atoms with Crippen molar-refractivity contribution in [2.45, 2.75) is 11.4 Å². The zero-order valence-corrected chi connectivity index (χ0v) is 10.5. The fourth-order valence-electron chi connectivity index (χ4n) is 1.23. The van der Waals surface area contributed by atoms with E-state index in [1.54, 1.807) is 14.2 Å². The van der Waals surface area contributed by atoms with Gasteiger partial charge in [-0.05, 0) is 0 Å². The summed E-state index contributed by atoms with van der Waals surface area (Å²) >= 11 is -0.0133. The van der Waals surface area contributed by atoms with Gasteiger partial charge in [-0.25, -0.2) is 0 Å². The molecule has 0 amide bonds. The van der Waals surface area contributed by atoms with Crippen LogP contribution >= 0.6 is 0 Å². The Morgan fingerprint density at radius 2 is 2.00 bits per heavy atom. The molecule has 4 heteroatoms. The molecule has 1 aromatic rings. The summed E-state index contributed by atoms with van der Waals surface area (Å²) in [4.78, 5) is 2.18. The molecule has 0 bridgehead atoms. The van der Waals surface area contributed by atoms with E-state index in [1.165, 1.54) is 0 Å². The summed E-state index contributed by atoms with van der Waals surface area (Å²) in [5.41, 5.74) is 1.09. The third-order valence-corrected chi connectivity index (χ3v) is 3.33. The molecule has 0 radical (unpaired) electrons. The first-order chi connectivity index (χ1) is 7.31. The third-order valence-electron chi connectivity index (χ3n) is 2.07. The molecule has 1 unspecified atom stereocenters. The standard InChI is InChI=1S/C11H13NO2Se/c1-13-10-5-3-9(4-6-10)11(14-2)7-15-8-12/h3-6,11H,7H2,1-2H3. The second-order valence-electron chi connectivity index (χ2n) is 2.90. The van der Waals surface area contributed by atoms with E-state index in [9.17, 15) is 0 Å². The monoisotopic (exact) mass is 271 g/mol. The minimum atomic E-state index is -0.0133. The maximum absolute atomic E-state index is 8.54. The van der Waals surface area contributed by atoms with E-state index >= 15 is 0 Å². The molecule has 0 aliphatic carbocycles. The fraction of sp³-hybridized carbons (Fsp3) is 0.364. The Hall–Kier alpha value is -1.01. The van der Waals surface area contributed by atoms with Crippen molar-refractivity contribution in [1.29, 1.82) is 5.26 Å². The predicted molar refractivity (Wildman–Crippen MR) is 58.9 cm³/mol. The zero-order valence-electron chi connectivity index (χ0n) is 8.77. The first-order valence-electron chi connectivity index (χ1n) is 4.49. The minimum absolute atomic E-state index is 0.0133. The summed E-state index contributed by atoms with van der Waals surface area (Å²) in [7, 11) is 3.31. The molecule has 0 fully saturated rings. The van der Waals surface area contributed by atoms with Crippen LogP contribution in [0.4, 0.5) is 0 Å². The maximum atomic E-state index is 8.54. The summed E-state index contributed by atoms with van der Waals surface area (Å²) in [5.74, 6) is 0.833. The molecule has 0 aliphatic rings. The molecule has 15 heavy (non-hydrogen) atoms. The second kappa shape index (κ2) is 6.47. The van der Waals surface area contributed by atoms with E-state index < -0.39 is 0 Å². The van der Waals surface area contributed by atoms with Gasteiger partial charge >= 0.3 is 95.9 Å². The number of benzene rings is 1. The topological polar surface area (TPSA) is 42.2 Å². The van der Waals surface area contributed by atoms with Gasteiger partial charge in [-0.2, -0.15) is 0 Å². The molecule has 0 aliphatic heterocycles. The number of hydrogen-bond acceptors (Lipinski definition) is 3. The normalized spacial score (nSPS) is 11.8. The average Bonchev–Trinajstić information content (AvgIpc) is 2.31. The van der Waals surface area contributed by atoms with Gasteiger partial charge < -0.3 is 0 Å². The van der Waals surface area contributed by atoms with Crippen LogP contribution in [0.3, 0.4) is 0 Å². The fourth-order valence-corrected chi connectivity index (χ4v) is 2.40. The van der Waals surface area contributed by atoms with Crippen LogP contribution in [-0.4, -0.2) is 29.2 Å². The average molecular weight is 270 g/mol. The van der Waals surface area contributed by atoms with E-state index in [-0.39, 0.29) is 21.1 Å². The van der Waals surface area contributed by atoms with Gasteiger partial charge in [0.25, 0.3) is 0 Å². The van der Waals surface area contributed by atoms with Crippen molar-refractivity contribution in [2.24, 2.45) is 0 Å². The van der Waals surface area contributed by atoms with Crippen molar-refractivity contribution in [1.82, 2.24) is 0 Å². The molecule has 1 rings (SSSR count). The van der Waals surface area contributed by atoms with Crippen LogP contribution in [0.25, 0.3) is 0 Å². The molecule has 0 aromatic heterocycles. The molecule has 0 saturated heterocycles. The molecular weight excluding hydrogens is 257 g/mol. The number of methoxy groups -OCH3 is 2. The SMILES string of the molecule is COc1ccc(C(C[Se]C#N)OC)cc1. The molecule has 1 atom stereocenters. The Bertz CT molecular complexity index is 331. The molecule has 3 nitrogen and oxygen atoms in total. The van der Waals surface area contributed by atoms with Crippen molar-refractivity contribution < 1.29 is 9.47 Å².